The summed E-state index contributed by atoms with van der Waals surface area (Å²) >= 11 is 6.02. The molecular weight excluding hydrogens is 416 g/mol. The Hall–Kier alpha value is -3.46. The van der Waals surface area contributed by atoms with Crippen molar-refractivity contribution in [2.75, 3.05) is 21.0 Å². The predicted octanol–water partition coefficient (Wildman–Crippen LogP) is 2.49. The van der Waals surface area contributed by atoms with E-state index in [1.54, 1.807) is 18.2 Å². The summed E-state index contributed by atoms with van der Waals surface area (Å²) in [5.41, 5.74) is 0.0510. The Morgan fingerprint density at radius 2 is 2.13 bits per heavy atom. The van der Waals surface area contributed by atoms with Crippen molar-refractivity contribution in [1.82, 2.24) is 9.38 Å². The van der Waals surface area contributed by atoms with Gasteiger partial charge in [0.05, 0.1) is 31.2 Å². The van der Waals surface area contributed by atoms with E-state index < -0.39 is 23.3 Å². The molecule has 0 saturated heterocycles. The van der Waals surface area contributed by atoms with Gasteiger partial charge in [0.2, 0.25) is 18.4 Å². The first kappa shape index (κ1) is 19.8. The number of benzene rings is 1. The van der Waals surface area contributed by atoms with Crippen molar-refractivity contribution in [1.29, 1.82) is 0 Å². The zero-order valence-corrected chi connectivity index (χ0v) is 16.8. The standard InChI is InChI=1S/C20H17ClN2O7/c1-27-13-5-10(6-14-18(13)30-9-29-14)12(7-16(24)28-2)17-19(25)22-15-4-3-11(21)8-23(15)20(17)26/h3-6,8,12,25H,7,9H2,1-2H3/t12-/m0/s1. The maximum atomic E-state index is 13.2. The summed E-state index contributed by atoms with van der Waals surface area (Å²) in [7, 11) is 2.70. The maximum Gasteiger partial charge on any atom is 0.306 e. The molecule has 10 heteroatoms. The normalized spacial score (nSPS) is 13.3. The molecule has 9 nitrogen and oxygen atoms in total. The molecule has 0 bridgehead atoms. The highest BCUT2D eigenvalue weighted by molar-refractivity contribution is 6.30. The smallest absolute Gasteiger partial charge is 0.306 e. The molecule has 1 N–H and O–H groups in total. The minimum atomic E-state index is -0.892. The van der Waals surface area contributed by atoms with Crippen LogP contribution in [0.25, 0.3) is 5.65 Å². The van der Waals surface area contributed by atoms with Gasteiger partial charge in [-0.15, -0.1) is 0 Å². The number of fused-ring (bicyclic) bond motifs is 2. The summed E-state index contributed by atoms with van der Waals surface area (Å²) in [4.78, 5) is 29.5. The van der Waals surface area contributed by atoms with Crippen LogP contribution in [0.4, 0.5) is 0 Å². The van der Waals surface area contributed by atoms with Gasteiger partial charge in [-0.2, -0.15) is 4.98 Å². The highest BCUT2D eigenvalue weighted by Gasteiger charge is 2.30. The lowest BCUT2D eigenvalue weighted by Crippen LogP contribution is -2.24. The summed E-state index contributed by atoms with van der Waals surface area (Å²) in [6, 6.07) is 6.31. The van der Waals surface area contributed by atoms with Crippen molar-refractivity contribution in [2.45, 2.75) is 12.3 Å². The van der Waals surface area contributed by atoms with Crippen LogP contribution in [0, 0.1) is 0 Å². The molecule has 2 aromatic heterocycles. The zero-order chi connectivity index (χ0) is 21.4. The largest absolute Gasteiger partial charge is 0.493 e. The fraction of sp³-hybridized carbons (Fsp3) is 0.250. The van der Waals surface area contributed by atoms with Crippen LogP contribution >= 0.6 is 11.6 Å². The van der Waals surface area contributed by atoms with Gasteiger partial charge in [0.25, 0.3) is 5.56 Å². The lowest BCUT2D eigenvalue weighted by molar-refractivity contribution is -0.140. The molecule has 1 aliphatic heterocycles. The Morgan fingerprint density at radius 1 is 1.33 bits per heavy atom. The van der Waals surface area contributed by atoms with E-state index >= 15 is 0 Å². The molecule has 0 fully saturated rings. The third kappa shape index (κ3) is 3.37. The van der Waals surface area contributed by atoms with Crippen molar-refractivity contribution in [3.05, 3.63) is 57.0 Å². The van der Waals surface area contributed by atoms with Crippen LogP contribution in [0.2, 0.25) is 5.02 Å². The molecular formula is C20H17ClN2O7. The van der Waals surface area contributed by atoms with Crippen LogP contribution in [-0.2, 0) is 9.53 Å². The van der Waals surface area contributed by atoms with Gasteiger partial charge in [-0.05, 0) is 29.8 Å². The van der Waals surface area contributed by atoms with Gasteiger partial charge >= 0.3 is 5.97 Å². The van der Waals surface area contributed by atoms with Crippen molar-refractivity contribution >= 4 is 23.2 Å². The highest BCUT2D eigenvalue weighted by atomic mass is 35.5. The summed E-state index contributed by atoms with van der Waals surface area (Å²) in [6.07, 6.45) is 1.17. The van der Waals surface area contributed by atoms with E-state index in [2.05, 4.69) is 4.98 Å². The molecule has 1 aliphatic rings. The van der Waals surface area contributed by atoms with E-state index in [0.29, 0.717) is 27.8 Å². The molecule has 0 radical (unpaired) electrons. The van der Waals surface area contributed by atoms with Gasteiger partial charge in [0, 0.05) is 12.1 Å². The number of methoxy groups -OCH3 is 2. The Morgan fingerprint density at radius 3 is 2.87 bits per heavy atom. The first-order chi connectivity index (χ1) is 14.4. The second kappa shape index (κ2) is 7.75. The van der Waals surface area contributed by atoms with Gasteiger partial charge in [-0.25, -0.2) is 0 Å². The van der Waals surface area contributed by atoms with Crippen LogP contribution < -0.4 is 19.8 Å². The number of pyridine rings is 1. The van der Waals surface area contributed by atoms with Crippen LogP contribution in [0.3, 0.4) is 0 Å². The topological polar surface area (TPSA) is 109 Å². The maximum absolute atomic E-state index is 13.2. The van der Waals surface area contributed by atoms with Crippen LogP contribution in [0.15, 0.2) is 35.3 Å². The van der Waals surface area contributed by atoms with E-state index in [1.807, 2.05) is 0 Å². The van der Waals surface area contributed by atoms with Crippen LogP contribution in [0.1, 0.15) is 23.5 Å². The third-order valence-corrected chi connectivity index (χ3v) is 5.06. The predicted molar refractivity (Wildman–Crippen MR) is 106 cm³/mol. The van der Waals surface area contributed by atoms with Gasteiger partial charge in [0.1, 0.15) is 5.65 Å². The molecule has 30 heavy (non-hydrogen) atoms. The van der Waals surface area contributed by atoms with Gasteiger partial charge in [-0.3, -0.25) is 14.0 Å². The number of aromatic hydroxyl groups is 1. The SMILES string of the molecule is COC(=O)C[C@@H](c1cc(OC)c2c(c1)OCO2)c1c(O)nc2ccc(Cl)cn2c1=O. The number of ether oxygens (including phenoxy) is 4. The molecule has 4 rings (SSSR count). The number of nitrogens with zero attached hydrogens (tertiary/aromatic N) is 2. The molecule has 0 saturated carbocycles. The first-order valence-corrected chi connectivity index (χ1v) is 9.25. The average Bonchev–Trinajstić information content (AvgIpc) is 3.21. The number of rotatable bonds is 5. The molecule has 1 atom stereocenters. The van der Waals surface area contributed by atoms with E-state index in [-0.39, 0.29) is 24.4 Å². The van der Waals surface area contributed by atoms with Crippen molar-refractivity contribution in [3.8, 4) is 23.1 Å². The molecule has 3 aromatic rings. The van der Waals surface area contributed by atoms with E-state index in [0.717, 1.165) is 0 Å². The summed E-state index contributed by atoms with van der Waals surface area (Å²) in [6.45, 7) is 0.0146. The average molecular weight is 433 g/mol. The number of esters is 1. The van der Waals surface area contributed by atoms with Crippen molar-refractivity contribution < 1.29 is 28.8 Å². The second-order valence-corrected chi connectivity index (χ2v) is 6.96. The third-order valence-electron chi connectivity index (χ3n) is 4.83. The minimum absolute atomic E-state index is 0.0146. The number of hydrogen-bond acceptors (Lipinski definition) is 8. The van der Waals surface area contributed by atoms with Crippen LogP contribution in [0.5, 0.6) is 23.1 Å². The number of carbonyl (C=O) groups excluding carboxylic acids is 1. The molecule has 1 aromatic carbocycles. The monoisotopic (exact) mass is 432 g/mol. The Balaban J connectivity index is 1.95. The van der Waals surface area contributed by atoms with Gasteiger partial charge < -0.3 is 24.1 Å². The van der Waals surface area contributed by atoms with Gasteiger partial charge in [-0.1, -0.05) is 11.6 Å². The second-order valence-electron chi connectivity index (χ2n) is 6.52. The molecule has 3 heterocycles. The molecule has 0 spiro atoms. The highest BCUT2D eigenvalue weighted by Crippen LogP contribution is 2.45. The zero-order valence-electron chi connectivity index (χ0n) is 16.0. The van der Waals surface area contributed by atoms with E-state index in [9.17, 15) is 14.7 Å². The van der Waals surface area contributed by atoms with Crippen molar-refractivity contribution in [2.24, 2.45) is 0 Å². The van der Waals surface area contributed by atoms with E-state index in [1.165, 1.54) is 30.9 Å². The van der Waals surface area contributed by atoms with Gasteiger partial charge in [0.15, 0.2) is 11.5 Å². The lowest BCUT2D eigenvalue weighted by atomic mass is 9.89. The summed E-state index contributed by atoms with van der Waals surface area (Å²) in [5, 5.41) is 10.9. The molecule has 0 aliphatic carbocycles. The number of halogens is 1. The number of hydrogen-bond donors (Lipinski definition) is 1. The summed E-state index contributed by atoms with van der Waals surface area (Å²) in [5.74, 6) is -0.777. The lowest BCUT2D eigenvalue weighted by Gasteiger charge is -2.19. The summed E-state index contributed by atoms with van der Waals surface area (Å²) < 4.78 is 22.2. The Kier molecular flexibility index (Phi) is 5.13. The Bertz CT molecular complexity index is 1210. The number of carbonyl (C=O) groups is 1. The first-order valence-electron chi connectivity index (χ1n) is 8.88. The number of aromatic nitrogens is 2. The van der Waals surface area contributed by atoms with Crippen LogP contribution in [-0.4, -0.2) is 41.5 Å². The Labute approximate surface area is 175 Å². The molecule has 0 unspecified atom stereocenters. The molecule has 0 amide bonds. The minimum Gasteiger partial charge on any atom is -0.493 e. The fourth-order valence-corrected chi connectivity index (χ4v) is 3.57. The van der Waals surface area contributed by atoms with Crippen molar-refractivity contribution in [3.63, 3.8) is 0 Å². The fourth-order valence-electron chi connectivity index (χ4n) is 3.41. The van der Waals surface area contributed by atoms with E-state index in [4.69, 9.17) is 30.5 Å². The quantitative estimate of drug-likeness (QED) is 0.612. The molecule has 156 valence electrons.